The molecule has 0 aromatic heterocycles. The van der Waals surface area contributed by atoms with E-state index >= 15 is 0 Å². The minimum absolute atomic E-state index is 0.425. The van der Waals surface area contributed by atoms with Crippen molar-refractivity contribution in [3.63, 3.8) is 0 Å². The first-order chi connectivity index (χ1) is 9.97. The van der Waals surface area contributed by atoms with E-state index in [1.807, 2.05) is 18.2 Å². The number of nitrogens with one attached hydrogen (secondary N) is 1. The molecule has 118 valence electrons. The smallest absolute Gasteiger partial charge is 0.104 e. The second-order valence-corrected chi connectivity index (χ2v) is 6.57. The maximum absolute atomic E-state index is 5.64. The first-order valence-corrected chi connectivity index (χ1v) is 8.76. The number of nitrogens with two attached hydrogens (primary N) is 1. The van der Waals surface area contributed by atoms with E-state index in [-0.39, 0.29) is 0 Å². The number of nitrogens with zero attached hydrogens (tertiary/aromatic N) is 1. The van der Waals surface area contributed by atoms with Crippen molar-refractivity contribution in [2.45, 2.75) is 39.7 Å². The Morgan fingerprint density at radius 1 is 1.38 bits per heavy atom. The van der Waals surface area contributed by atoms with Gasteiger partial charge in [0.05, 0.1) is 0 Å². The number of halogens is 1. The topological polar surface area (TPSA) is 41.3 Å². The summed E-state index contributed by atoms with van der Waals surface area (Å²) in [6.45, 7) is 10.1. The van der Waals surface area contributed by atoms with Gasteiger partial charge in [-0.05, 0) is 73.5 Å². The van der Waals surface area contributed by atoms with Gasteiger partial charge in [0.1, 0.15) is 4.99 Å². The SMILES string of the molecule is CCN(CC)CCCC(C)Nc1ccc(C(N)=S)cc1Br. The Hall–Kier alpha value is -0.650. The summed E-state index contributed by atoms with van der Waals surface area (Å²) < 4.78 is 1.00. The van der Waals surface area contributed by atoms with Crippen molar-refractivity contribution < 1.29 is 0 Å². The Morgan fingerprint density at radius 3 is 2.57 bits per heavy atom. The lowest BCUT2D eigenvalue weighted by molar-refractivity contribution is 0.295. The lowest BCUT2D eigenvalue weighted by Crippen LogP contribution is -2.25. The molecule has 21 heavy (non-hydrogen) atoms. The third kappa shape index (κ3) is 6.32. The molecule has 0 fully saturated rings. The molecule has 0 aliphatic heterocycles. The summed E-state index contributed by atoms with van der Waals surface area (Å²) >= 11 is 8.56. The van der Waals surface area contributed by atoms with E-state index < -0.39 is 0 Å². The van der Waals surface area contributed by atoms with Crippen LogP contribution in [0, 0.1) is 0 Å². The molecule has 1 aromatic carbocycles. The zero-order chi connectivity index (χ0) is 15.8. The van der Waals surface area contributed by atoms with E-state index in [1.54, 1.807) is 0 Å². The first kappa shape index (κ1) is 18.4. The maximum atomic E-state index is 5.64. The molecule has 1 aromatic rings. The van der Waals surface area contributed by atoms with E-state index in [0.717, 1.165) is 35.2 Å². The molecule has 0 amide bonds. The van der Waals surface area contributed by atoms with Gasteiger partial charge in [-0.1, -0.05) is 26.1 Å². The average Bonchev–Trinajstić information content (AvgIpc) is 2.45. The molecule has 1 atom stereocenters. The predicted octanol–water partition coefficient (Wildman–Crippen LogP) is 4.01. The zero-order valence-electron chi connectivity index (χ0n) is 13.2. The summed E-state index contributed by atoms with van der Waals surface area (Å²) in [6.07, 6.45) is 2.36. The van der Waals surface area contributed by atoms with Gasteiger partial charge in [-0.25, -0.2) is 0 Å². The van der Waals surface area contributed by atoms with Crippen LogP contribution in [-0.2, 0) is 0 Å². The molecule has 0 spiro atoms. The molecule has 0 bridgehead atoms. The van der Waals surface area contributed by atoms with Gasteiger partial charge in [-0.3, -0.25) is 0 Å². The number of thiocarbonyl (C=S) groups is 1. The predicted molar refractivity (Wildman–Crippen MR) is 100 cm³/mol. The normalized spacial score (nSPS) is 12.4. The van der Waals surface area contributed by atoms with Crippen molar-refractivity contribution in [2.24, 2.45) is 5.73 Å². The van der Waals surface area contributed by atoms with Crippen molar-refractivity contribution in [1.82, 2.24) is 4.90 Å². The van der Waals surface area contributed by atoms with E-state index in [4.69, 9.17) is 18.0 Å². The molecule has 3 N–H and O–H groups in total. The average molecular weight is 372 g/mol. The van der Waals surface area contributed by atoms with Crippen LogP contribution in [0.15, 0.2) is 22.7 Å². The summed E-state index contributed by atoms with van der Waals surface area (Å²) in [4.78, 5) is 2.88. The van der Waals surface area contributed by atoms with Gasteiger partial charge in [0.15, 0.2) is 0 Å². The molecule has 0 saturated heterocycles. The quantitative estimate of drug-likeness (QED) is 0.643. The maximum Gasteiger partial charge on any atom is 0.104 e. The number of rotatable bonds is 9. The van der Waals surface area contributed by atoms with Crippen LogP contribution in [0.2, 0.25) is 0 Å². The molecule has 0 heterocycles. The number of hydrogen-bond acceptors (Lipinski definition) is 3. The summed E-state index contributed by atoms with van der Waals surface area (Å²) in [7, 11) is 0. The summed E-state index contributed by atoms with van der Waals surface area (Å²) in [5, 5.41) is 3.54. The molecule has 0 aliphatic rings. The van der Waals surface area contributed by atoms with Crippen LogP contribution in [0.4, 0.5) is 5.69 Å². The van der Waals surface area contributed by atoms with Crippen LogP contribution in [0.3, 0.4) is 0 Å². The molecular weight excluding hydrogens is 346 g/mol. The van der Waals surface area contributed by atoms with Gasteiger partial charge in [0.25, 0.3) is 0 Å². The Kier molecular flexibility index (Phi) is 8.22. The van der Waals surface area contributed by atoms with E-state index in [0.29, 0.717) is 11.0 Å². The lowest BCUT2D eigenvalue weighted by atomic mass is 10.1. The van der Waals surface area contributed by atoms with Crippen LogP contribution in [-0.4, -0.2) is 35.6 Å². The molecule has 5 heteroatoms. The monoisotopic (exact) mass is 371 g/mol. The molecule has 1 unspecified atom stereocenters. The molecule has 0 aliphatic carbocycles. The Bertz CT molecular complexity index is 461. The third-order valence-corrected chi connectivity index (χ3v) is 4.55. The van der Waals surface area contributed by atoms with Crippen LogP contribution in [0.25, 0.3) is 0 Å². The van der Waals surface area contributed by atoms with Crippen molar-refractivity contribution in [1.29, 1.82) is 0 Å². The van der Waals surface area contributed by atoms with Gasteiger partial charge < -0.3 is 16.0 Å². The van der Waals surface area contributed by atoms with Gasteiger partial charge in [0.2, 0.25) is 0 Å². The largest absolute Gasteiger partial charge is 0.389 e. The van der Waals surface area contributed by atoms with Crippen LogP contribution in [0.5, 0.6) is 0 Å². The molecule has 0 radical (unpaired) electrons. The minimum atomic E-state index is 0.425. The lowest BCUT2D eigenvalue weighted by Gasteiger charge is -2.21. The fraction of sp³-hybridized carbons (Fsp3) is 0.562. The van der Waals surface area contributed by atoms with Gasteiger partial charge in [0, 0.05) is 21.8 Å². The first-order valence-electron chi connectivity index (χ1n) is 7.56. The number of hydrogen-bond donors (Lipinski definition) is 2. The number of anilines is 1. The Morgan fingerprint density at radius 2 is 2.05 bits per heavy atom. The van der Waals surface area contributed by atoms with E-state index in [2.05, 4.69) is 46.9 Å². The van der Waals surface area contributed by atoms with Crippen molar-refractivity contribution >= 4 is 38.8 Å². The Labute approximate surface area is 142 Å². The number of benzene rings is 1. The molecule has 3 nitrogen and oxygen atoms in total. The fourth-order valence-electron chi connectivity index (χ4n) is 2.28. The second kappa shape index (κ2) is 9.38. The van der Waals surface area contributed by atoms with Crippen LogP contribution < -0.4 is 11.1 Å². The highest BCUT2D eigenvalue weighted by molar-refractivity contribution is 9.10. The highest BCUT2D eigenvalue weighted by Crippen LogP contribution is 2.25. The highest BCUT2D eigenvalue weighted by atomic mass is 79.9. The second-order valence-electron chi connectivity index (χ2n) is 5.27. The van der Waals surface area contributed by atoms with E-state index in [1.165, 1.54) is 13.0 Å². The summed E-state index contributed by atoms with van der Waals surface area (Å²) in [5.41, 5.74) is 7.61. The molecular formula is C16H26BrN3S. The standard InChI is InChI=1S/C16H26BrN3S/c1-4-20(5-2)10-6-7-12(3)19-15-9-8-13(16(18)21)11-14(15)17/h8-9,11-12,19H,4-7,10H2,1-3H3,(H2,18,21). The van der Waals surface area contributed by atoms with Crippen LogP contribution >= 0.6 is 28.1 Å². The Balaban J connectivity index is 2.47. The summed E-state index contributed by atoms with van der Waals surface area (Å²) in [6, 6.07) is 6.39. The van der Waals surface area contributed by atoms with E-state index in [9.17, 15) is 0 Å². The van der Waals surface area contributed by atoms with Crippen molar-refractivity contribution in [3.8, 4) is 0 Å². The van der Waals surface area contributed by atoms with Crippen LogP contribution in [0.1, 0.15) is 39.2 Å². The highest BCUT2D eigenvalue weighted by Gasteiger charge is 2.08. The minimum Gasteiger partial charge on any atom is -0.389 e. The van der Waals surface area contributed by atoms with Gasteiger partial charge in [-0.15, -0.1) is 0 Å². The fourth-order valence-corrected chi connectivity index (χ4v) is 2.90. The molecule has 1 rings (SSSR count). The molecule has 0 saturated carbocycles. The van der Waals surface area contributed by atoms with Crippen molar-refractivity contribution in [3.05, 3.63) is 28.2 Å². The van der Waals surface area contributed by atoms with Crippen molar-refractivity contribution in [2.75, 3.05) is 25.0 Å². The third-order valence-electron chi connectivity index (χ3n) is 3.66. The van der Waals surface area contributed by atoms with Gasteiger partial charge in [-0.2, -0.15) is 0 Å². The van der Waals surface area contributed by atoms with Gasteiger partial charge >= 0.3 is 0 Å². The zero-order valence-corrected chi connectivity index (χ0v) is 15.6. The summed E-state index contributed by atoms with van der Waals surface area (Å²) in [5.74, 6) is 0.